The van der Waals surface area contributed by atoms with E-state index in [2.05, 4.69) is 51.1 Å². The Kier molecular flexibility index (Phi) is 7.89. The molecule has 0 N–H and O–H groups in total. The number of hydrogen-bond donors (Lipinski definition) is 0. The van der Waals surface area contributed by atoms with E-state index >= 15 is 0 Å². The summed E-state index contributed by atoms with van der Waals surface area (Å²) in [7, 11) is 0. The van der Waals surface area contributed by atoms with Crippen LogP contribution in [0.25, 0.3) is 11.4 Å². The van der Waals surface area contributed by atoms with Gasteiger partial charge in [0.05, 0.1) is 55.4 Å². The third kappa shape index (κ3) is 6.41. The molecule has 0 unspecified atom stereocenters. The van der Waals surface area contributed by atoms with Crippen LogP contribution < -0.4 is 9.80 Å². The second-order valence-corrected chi connectivity index (χ2v) is 15.4. The maximum Gasteiger partial charge on any atom is 0.410 e. The van der Waals surface area contributed by atoms with Crippen molar-refractivity contribution in [2.75, 3.05) is 55.7 Å². The van der Waals surface area contributed by atoms with Crippen molar-refractivity contribution in [3.05, 3.63) is 42.6 Å². The standard InChI is InChI=1S/C34H47N9O3/c1-32(2,3)46-31(44)42(18-24-8-9-24)26-7-6-13-40(19-26)25-10-11-29(36-15-25)34(22-45-23-34)43-20-28(38-39-43)27-16-35-17-30(37-27)41-14-12-33(4,5)21-41/h10-11,15-17,20,24,26H,6-9,12-14,18-19,21-23H2,1-5H3/t26-/m1/s1. The zero-order valence-electron chi connectivity index (χ0n) is 27.9. The summed E-state index contributed by atoms with van der Waals surface area (Å²) in [4.78, 5) is 34.2. The van der Waals surface area contributed by atoms with E-state index in [0.29, 0.717) is 30.5 Å². The Morgan fingerprint density at radius 2 is 1.89 bits per heavy atom. The lowest BCUT2D eigenvalue weighted by Crippen LogP contribution is -2.53. The van der Waals surface area contributed by atoms with Gasteiger partial charge in [0, 0.05) is 32.7 Å². The zero-order valence-corrected chi connectivity index (χ0v) is 27.9. The summed E-state index contributed by atoms with van der Waals surface area (Å²) in [6.45, 7) is 15.7. The van der Waals surface area contributed by atoms with Crippen molar-refractivity contribution in [3.63, 3.8) is 0 Å². The van der Waals surface area contributed by atoms with Crippen LogP contribution in [-0.4, -0.2) is 98.5 Å². The number of rotatable bonds is 8. The monoisotopic (exact) mass is 629 g/mol. The molecule has 4 aliphatic rings. The molecule has 0 bridgehead atoms. The van der Waals surface area contributed by atoms with Crippen molar-refractivity contribution < 1.29 is 14.3 Å². The molecule has 0 aromatic carbocycles. The molecule has 0 radical (unpaired) electrons. The predicted molar refractivity (Wildman–Crippen MR) is 175 cm³/mol. The molecule has 3 aromatic heterocycles. The Hall–Kier alpha value is -3.80. The molecule has 3 aromatic rings. The highest BCUT2D eigenvalue weighted by molar-refractivity contribution is 5.69. The Balaban J connectivity index is 1.06. The molecule has 1 atom stereocenters. The number of anilines is 2. The normalized spacial score (nSPS) is 22.4. The first-order valence-electron chi connectivity index (χ1n) is 16.8. The summed E-state index contributed by atoms with van der Waals surface area (Å²) in [6.07, 6.45) is 12.8. The first-order chi connectivity index (χ1) is 22.0. The molecule has 1 aliphatic carbocycles. The molecule has 12 nitrogen and oxygen atoms in total. The predicted octanol–water partition coefficient (Wildman–Crippen LogP) is 4.76. The first kappa shape index (κ1) is 30.8. The van der Waals surface area contributed by atoms with E-state index in [9.17, 15) is 4.79 Å². The van der Waals surface area contributed by atoms with E-state index in [4.69, 9.17) is 19.4 Å². The van der Waals surface area contributed by atoms with Gasteiger partial charge in [-0.25, -0.2) is 14.5 Å². The molecular formula is C34H47N9O3. The average Bonchev–Trinajstić information content (AvgIpc) is 3.56. The molecule has 6 heterocycles. The van der Waals surface area contributed by atoms with Crippen molar-refractivity contribution in [3.8, 4) is 11.4 Å². The number of amides is 1. The van der Waals surface area contributed by atoms with Gasteiger partial charge in [0.25, 0.3) is 0 Å². The lowest BCUT2D eigenvalue weighted by atomic mass is 9.92. The van der Waals surface area contributed by atoms with Gasteiger partial charge in [0.2, 0.25) is 0 Å². The van der Waals surface area contributed by atoms with Gasteiger partial charge in [-0.15, -0.1) is 5.10 Å². The van der Waals surface area contributed by atoms with E-state index in [1.54, 1.807) is 6.20 Å². The first-order valence-corrected chi connectivity index (χ1v) is 16.8. The van der Waals surface area contributed by atoms with E-state index in [1.165, 1.54) is 12.8 Å². The molecule has 7 rings (SSSR count). The van der Waals surface area contributed by atoms with Gasteiger partial charge < -0.3 is 24.2 Å². The minimum Gasteiger partial charge on any atom is -0.444 e. The second kappa shape index (κ2) is 11.8. The van der Waals surface area contributed by atoms with Gasteiger partial charge >= 0.3 is 6.09 Å². The summed E-state index contributed by atoms with van der Waals surface area (Å²) < 4.78 is 13.4. The van der Waals surface area contributed by atoms with Gasteiger partial charge in [-0.1, -0.05) is 19.1 Å². The SMILES string of the molecule is CC1(C)CCN(c2cncc(-c3cn(C4(c5ccc(N6CCC[C@@H](N(CC7CC7)C(=O)OC(C)(C)C)C6)cn5)COC4)nn3)n2)C1. The van der Waals surface area contributed by atoms with Gasteiger partial charge in [-0.05, 0) is 76.3 Å². The number of ether oxygens (including phenoxy) is 2. The lowest BCUT2D eigenvalue weighted by Gasteiger charge is -2.42. The van der Waals surface area contributed by atoms with E-state index in [1.807, 2.05) is 48.9 Å². The summed E-state index contributed by atoms with van der Waals surface area (Å²) in [5.74, 6) is 1.47. The molecule has 1 saturated carbocycles. The van der Waals surface area contributed by atoms with Gasteiger partial charge in [0.15, 0.2) is 5.54 Å². The van der Waals surface area contributed by atoms with Crippen LogP contribution in [0.4, 0.5) is 16.3 Å². The van der Waals surface area contributed by atoms with Crippen LogP contribution >= 0.6 is 0 Å². The largest absolute Gasteiger partial charge is 0.444 e. The molecular weight excluding hydrogens is 582 g/mol. The lowest BCUT2D eigenvalue weighted by molar-refractivity contribution is -0.0851. The topological polar surface area (TPSA) is 115 Å². The Bertz CT molecular complexity index is 1540. The average molecular weight is 630 g/mol. The van der Waals surface area contributed by atoms with Crippen molar-refractivity contribution in [2.24, 2.45) is 11.3 Å². The molecule has 0 spiro atoms. The zero-order chi connectivity index (χ0) is 32.1. The molecule has 3 aliphatic heterocycles. The van der Waals surface area contributed by atoms with Crippen LogP contribution in [0.1, 0.15) is 72.4 Å². The van der Waals surface area contributed by atoms with Gasteiger partial charge in [-0.2, -0.15) is 0 Å². The van der Waals surface area contributed by atoms with Crippen molar-refractivity contribution in [1.82, 2.24) is 34.8 Å². The highest BCUT2D eigenvalue weighted by Gasteiger charge is 2.45. The summed E-state index contributed by atoms with van der Waals surface area (Å²) in [5.41, 5.74) is 2.54. The third-order valence-electron chi connectivity index (χ3n) is 9.71. The van der Waals surface area contributed by atoms with Crippen LogP contribution in [0.5, 0.6) is 0 Å². The van der Waals surface area contributed by atoms with Gasteiger partial charge in [0.1, 0.15) is 22.8 Å². The number of hydrogen-bond acceptors (Lipinski definition) is 10. The number of piperidine rings is 1. The molecule has 1 amide bonds. The van der Waals surface area contributed by atoms with E-state index in [0.717, 1.165) is 69.2 Å². The molecule has 246 valence electrons. The number of carbonyl (C=O) groups is 1. The minimum atomic E-state index is -0.532. The number of aromatic nitrogens is 6. The number of carbonyl (C=O) groups excluding carboxylic acids is 1. The Labute approximate surface area is 271 Å². The Morgan fingerprint density at radius 3 is 2.54 bits per heavy atom. The Morgan fingerprint density at radius 1 is 1.07 bits per heavy atom. The molecule has 46 heavy (non-hydrogen) atoms. The van der Waals surface area contributed by atoms with Crippen molar-refractivity contribution in [1.29, 1.82) is 0 Å². The number of pyridine rings is 1. The summed E-state index contributed by atoms with van der Waals surface area (Å²) in [6, 6.07) is 4.32. The fourth-order valence-electron chi connectivity index (χ4n) is 6.79. The number of nitrogens with zero attached hydrogens (tertiary/aromatic N) is 9. The van der Waals surface area contributed by atoms with Crippen molar-refractivity contribution in [2.45, 2.75) is 83.9 Å². The second-order valence-electron chi connectivity index (χ2n) is 15.4. The third-order valence-corrected chi connectivity index (χ3v) is 9.71. The fourth-order valence-corrected chi connectivity index (χ4v) is 6.79. The van der Waals surface area contributed by atoms with Crippen LogP contribution in [0.15, 0.2) is 36.9 Å². The molecule has 12 heteroatoms. The van der Waals surface area contributed by atoms with Crippen LogP contribution in [0.2, 0.25) is 0 Å². The summed E-state index contributed by atoms with van der Waals surface area (Å²) in [5, 5.41) is 9.02. The highest BCUT2D eigenvalue weighted by atomic mass is 16.6. The van der Waals surface area contributed by atoms with Crippen LogP contribution in [0, 0.1) is 11.3 Å². The maximum atomic E-state index is 13.2. The van der Waals surface area contributed by atoms with Crippen LogP contribution in [0.3, 0.4) is 0 Å². The highest BCUT2D eigenvalue weighted by Crippen LogP contribution is 2.36. The quantitative estimate of drug-likeness (QED) is 0.346. The smallest absolute Gasteiger partial charge is 0.410 e. The minimum absolute atomic E-state index is 0.113. The van der Waals surface area contributed by atoms with Gasteiger partial charge in [-0.3, -0.25) is 9.97 Å². The van der Waals surface area contributed by atoms with E-state index in [-0.39, 0.29) is 17.6 Å². The summed E-state index contributed by atoms with van der Waals surface area (Å²) >= 11 is 0. The fraction of sp³-hybridized carbons (Fsp3) is 0.647. The molecule has 4 fully saturated rings. The van der Waals surface area contributed by atoms with Crippen LogP contribution in [-0.2, 0) is 15.0 Å². The molecule has 3 saturated heterocycles. The maximum absolute atomic E-state index is 13.2. The van der Waals surface area contributed by atoms with E-state index < -0.39 is 11.1 Å². The van der Waals surface area contributed by atoms with Crippen molar-refractivity contribution >= 4 is 17.6 Å².